The van der Waals surface area contributed by atoms with Crippen molar-refractivity contribution in [2.75, 3.05) is 4.90 Å². The van der Waals surface area contributed by atoms with Crippen molar-refractivity contribution in [1.82, 2.24) is 14.1 Å². The van der Waals surface area contributed by atoms with Crippen molar-refractivity contribution in [3.63, 3.8) is 0 Å². The number of nitrogens with zero attached hydrogens (tertiary/aromatic N) is 4. The fraction of sp³-hybridized carbons (Fsp3) is 0.186. The molecule has 1 aliphatic rings. The van der Waals surface area contributed by atoms with Gasteiger partial charge in [0.15, 0.2) is 0 Å². The summed E-state index contributed by atoms with van der Waals surface area (Å²) >= 11 is 0. The molecule has 6 heteroatoms. The summed E-state index contributed by atoms with van der Waals surface area (Å²) in [5, 5.41) is 7.73. The van der Waals surface area contributed by atoms with Crippen LogP contribution in [-0.4, -0.2) is 14.1 Å². The molecule has 0 radical (unpaired) electrons. The van der Waals surface area contributed by atoms with E-state index in [9.17, 15) is 0 Å². The molecule has 0 fully saturated rings. The second-order valence-electron chi connectivity index (χ2n) is 19.0. The number of para-hydroxylation sites is 3. The largest absolute Gasteiger partial charge is 0.509 e. The minimum absolute atomic E-state index is 0. The number of anilines is 2. The van der Waals surface area contributed by atoms with E-state index in [-0.39, 0.29) is 62.0 Å². The summed E-state index contributed by atoms with van der Waals surface area (Å²) in [4.78, 5) is 6.87. The maximum absolute atomic E-state index is 9.13. The van der Waals surface area contributed by atoms with Crippen LogP contribution in [0.3, 0.4) is 0 Å². The molecular formula is C59H51N4OPt-3. The molecule has 1 aliphatic heterocycles. The molecule has 3 aromatic heterocycles. The van der Waals surface area contributed by atoms with Crippen LogP contribution in [0.25, 0.3) is 71.0 Å². The van der Waals surface area contributed by atoms with Gasteiger partial charge in [0.05, 0.1) is 5.48 Å². The van der Waals surface area contributed by atoms with Crippen LogP contribution in [0.1, 0.15) is 72.0 Å². The fourth-order valence-corrected chi connectivity index (χ4v) is 9.28. The number of rotatable bonds is 5. The SMILES string of the molecule is [2H]c1c([2H])c([2H])c2c(c1[2H])c1ccc(Oc3[c-]c(N4[CH-]n5c6c(C)cccc6c6cc(C)ccc6c6ccccc6c6cccc4c65)cc(C(C)(C)C)c3)[c-]c1n2-c1cc(C([2H])([2H])C(C)(C)C)ccn1.[Pt]. The van der Waals surface area contributed by atoms with Crippen LogP contribution in [0, 0.1) is 38.1 Å². The Morgan fingerprint density at radius 2 is 1.38 bits per heavy atom. The van der Waals surface area contributed by atoms with Crippen molar-refractivity contribution < 1.29 is 34.0 Å². The Morgan fingerprint density at radius 1 is 0.677 bits per heavy atom. The molecule has 0 N–H and O–H groups in total. The molecular weight excluding hydrogens is 976 g/mol. The number of hydrogen-bond donors (Lipinski definition) is 0. The van der Waals surface area contributed by atoms with Gasteiger partial charge < -0.3 is 18.8 Å². The van der Waals surface area contributed by atoms with Crippen LogP contribution in [0.4, 0.5) is 11.4 Å². The molecule has 7 aromatic carbocycles. The Morgan fingerprint density at radius 3 is 2.17 bits per heavy atom. The monoisotopic (exact) mass is 1030 g/mol. The summed E-state index contributed by atoms with van der Waals surface area (Å²) in [6.45, 7) is 18.5. The van der Waals surface area contributed by atoms with Gasteiger partial charge in [0.2, 0.25) is 0 Å². The third kappa shape index (κ3) is 7.40. The Bertz CT molecular complexity index is 3940. The first kappa shape index (κ1) is 35.8. The molecule has 0 unspecified atom stereocenters. The number of ether oxygens (including phenoxy) is 1. The number of hydrogen-bond acceptors (Lipinski definition) is 3. The van der Waals surface area contributed by atoms with E-state index in [4.69, 9.17) is 13.0 Å². The molecule has 11 rings (SSSR count). The van der Waals surface area contributed by atoms with Crippen LogP contribution in [0.5, 0.6) is 11.5 Å². The van der Waals surface area contributed by atoms with Gasteiger partial charge >= 0.3 is 0 Å². The molecule has 4 heterocycles. The first-order valence-electron chi connectivity index (χ1n) is 24.8. The molecule has 0 saturated carbocycles. The van der Waals surface area contributed by atoms with Gasteiger partial charge in [-0.3, -0.25) is 0 Å². The van der Waals surface area contributed by atoms with Crippen molar-refractivity contribution in [3.8, 4) is 17.3 Å². The number of benzene rings is 7. The van der Waals surface area contributed by atoms with Crippen LogP contribution >= 0.6 is 0 Å². The van der Waals surface area contributed by atoms with Gasteiger partial charge in [0.1, 0.15) is 5.82 Å². The number of aromatic nitrogens is 3. The van der Waals surface area contributed by atoms with Gasteiger partial charge in [-0.15, -0.1) is 41.3 Å². The second-order valence-corrected chi connectivity index (χ2v) is 19.0. The molecule has 10 aromatic rings. The van der Waals surface area contributed by atoms with Crippen LogP contribution in [-0.2, 0) is 32.9 Å². The van der Waals surface area contributed by atoms with Crippen molar-refractivity contribution in [2.45, 2.75) is 67.2 Å². The van der Waals surface area contributed by atoms with Crippen LogP contribution in [0.2, 0.25) is 0 Å². The van der Waals surface area contributed by atoms with Gasteiger partial charge in [-0.2, -0.15) is 6.07 Å². The number of aryl methyl sites for hydroxylation is 2. The molecule has 0 amide bonds. The molecule has 0 spiro atoms. The van der Waals surface area contributed by atoms with Gasteiger partial charge in [-0.05, 0) is 111 Å². The topological polar surface area (TPSA) is 35.2 Å². The summed E-state index contributed by atoms with van der Waals surface area (Å²) in [5.41, 5.74) is 7.19. The zero-order valence-electron chi connectivity index (χ0n) is 43.6. The van der Waals surface area contributed by atoms with E-state index in [0.29, 0.717) is 33.4 Å². The maximum Gasteiger partial charge on any atom is 0.135 e. The van der Waals surface area contributed by atoms with Crippen molar-refractivity contribution in [2.24, 2.45) is 5.41 Å². The molecule has 0 aliphatic carbocycles. The zero-order valence-corrected chi connectivity index (χ0v) is 39.9. The second kappa shape index (κ2) is 15.9. The van der Waals surface area contributed by atoms with Crippen molar-refractivity contribution in [1.29, 1.82) is 0 Å². The first-order valence-corrected chi connectivity index (χ1v) is 21.8. The Hall–Kier alpha value is -6.55. The van der Waals surface area contributed by atoms with E-state index in [1.165, 1.54) is 22.5 Å². The Balaban J connectivity index is 0.00000582. The van der Waals surface area contributed by atoms with E-state index in [1.807, 2.05) is 26.8 Å². The van der Waals surface area contributed by atoms with Gasteiger partial charge in [-0.1, -0.05) is 160 Å². The Labute approximate surface area is 404 Å². The van der Waals surface area contributed by atoms with Gasteiger partial charge in [0, 0.05) is 52.7 Å². The quantitative estimate of drug-likeness (QED) is 0.161. The zero-order chi connectivity index (χ0) is 49.3. The average Bonchev–Trinajstić information content (AvgIpc) is 3.89. The summed E-state index contributed by atoms with van der Waals surface area (Å²) in [7, 11) is 0. The summed E-state index contributed by atoms with van der Waals surface area (Å²) in [6, 6.07) is 45.4. The fourth-order valence-electron chi connectivity index (χ4n) is 9.28. The van der Waals surface area contributed by atoms with Gasteiger partial charge in [0.25, 0.3) is 0 Å². The van der Waals surface area contributed by atoms with Crippen molar-refractivity contribution in [3.05, 3.63) is 187 Å². The summed E-state index contributed by atoms with van der Waals surface area (Å²) in [6.07, 6.45) is -0.223. The standard InChI is InChI=1S/C59H51N4O.Pt/c1-37-23-25-46-44-16-9-10-17-45(44)49-20-14-22-53-57(49)62(56-38(2)15-13-19-50(56)51(46)29-37)36-61(53)41-31-40(59(6,7)8)32-43(33-41)64-42-24-26-48-47-18-11-12-21-52(47)63(54(48)34-42)55-30-39(27-28-60-55)35-58(3,4)5;/h9-32,36H,35H2,1-8H3;/q-3;/i11D,12D,18D,21D,35D2;. The van der Waals surface area contributed by atoms with E-state index >= 15 is 0 Å². The average molecular weight is 1030 g/mol. The smallest absolute Gasteiger partial charge is 0.135 e. The maximum atomic E-state index is 9.13. The predicted molar refractivity (Wildman–Crippen MR) is 268 cm³/mol. The van der Waals surface area contributed by atoms with Crippen LogP contribution in [0.15, 0.2) is 146 Å². The predicted octanol–water partition coefficient (Wildman–Crippen LogP) is 15.7. The number of pyridine rings is 1. The normalized spacial score (nSPS) is 14.2. The third-order valence-corrected chi connectivity index (χ3v) is 12.1. The minimum Gasteiger partial charge on any atom is -0.509 e. The Kier molecular flexibility index (Phi) is 8.72. The van der Waals surface area contributed by atoms with E-state index in [0.717, 1.165) is 55.1 Å². The summed E-state index contributed by atoms with van der Waals surface area (Å²) < 4.78 is 64.4. The first-order chi connectivity index (χ1) is 33.2. The third-order valence-electron chi connectivity index (χ3n) is 12.1. The molecule has 5 nitrogen and oxygen atoms in total. The van der Waals surface area contributed by atoms with E-state index < -0.39 is 11.8 Å². The van der Waals surface area contributed by atoms with Gasteiger partial charge in [-0.25, -0.2) is 4.98 Å². The van der Waals surface area contributed by atoms with E-state index in [1.54, 1.807) is 28.8 Å². The summed E-state index contributed by atoms with van der Waals surface area (Å²) in [5.74, 6) is 1.06. The molecule has 326 valence electrons. The number of fused-ring (bicyclic) bond motifs is 10. The molecule has 65 heavy (non-hydrogen) atoms. The molecule has 0 bridgehead atoms. The molecule has 0 saturated heterocycles. The minimum atomic E-state index is -1.76. The van der Waals surface area contributed by atoms with E-state index in [2.05, 4.69) is 153 Å². The van der Waals surface area contributed by atoms with Crippen molar-refractivity contribution >= 4 is 76.5 Å². The molecule has 0 atom stereocenters. The van der Waals surface area contributed by atoms with Crippen LogP contribution < -0.4 is 9.64 Å².